The Labute approximate surface area is 35.2 Å². The SMILES string of the molecule is CC(=O)C([O-])[O-]. The molecular formula is C3H4O3-2. The van der Waals surface area contributed by atoms with Crippen molar-refractivity contribution >= 4 is 5.78 Å². The van der Waals surface area contributed by atoms with Crippen LogP contribution in [0, 0.1) is 0 Å². The van der Waals surface area contributed by atoms with Gasteiger partial charge in [0.25, 0.3) is 0 Å². The lowest BCUT2D eigenvalue weighted by atomic mass is 10.4. The Bertz CT molecular complexity index is 57.1. The van der Waals surface area contributed by atoms with Crippen LogP contribution in [0.5, 0.6) is 0 Å². The van der Waals surface area contributed by atoms with Crippen molar-refractivity contribution in [2.75, 3.05) is 0 Å². The molecule has 0 aliphatic rings. The zero-order valence-corrected chi connectivity index (χ0v) is 3.30. The Morgan fingerprint density at radius 1 is 1.67 bits per heavy atom. The smallest absolute Gasteiger partial charge is 0.0991 e. The van der Waals surface area contributed by atoms with E-state index in [2.05, 4.69) is 0 Å². The minimum atomic E-state index is -2.29. The van der Waals surface area contributed by atoms with Crippen molar-refractivity contribution in [2.45, 2.75) is 13.2 Å². The van der Waals surface area contributed by atoms with Gasteiger partial charge in [0.1, 0.15) is 0 Å². The number of carbonyl (C=O) groups is 1. The minimum Gasteiger partial charge on any atom is -0.860 e. The van der Waals surface area contributed by atoms with Crippen molar-refractivity contribution in [3.05, 3.63) is 0 Å². The van der Waals surface area contributed by atoms with Gasteiger partial charge in [-0.3, -0.25) is 0 Å². The lowest BCUT2D eigenvalue weighted by Gasteiger charge is -2.23. The van der Waals surface area contributed by atoms with E-state index in [0.29, 0.717) is 0 Å². The van der Waals surface area contributed by atoms with Gasteiger partial charge in [0.05, 0.1) is 5.78 Å². The van der Waals surface area contributed by atoms with Crippen molar-refractivity contribution in [3.63, 3.8) is 0 Å². The number of hydrogen-bond donors (Lipinski definition) is 0. The maximum Gasteiger partial charge on any atom is 0.0991 e. The van der Waals surface area contributed by atoms with Crippen LogP contribution in [-0.4, -0.2) is 12.1 Å². The minimum absolute atomic E-state index is 0.852. The van der Waals surface area contributed by atoms with Gasteiger partial charge in [0.15, 0.2) is 0 Å². The Morgan fingerprint density at radius 3 is 1.83 bits per heavy atom. The fraction of sp³-hybridized carbons (Fsp3) is 0.667. The molecule has 0 radical (unpaired) electrons. The molecule has 3 heteroatoms. The summed E-state index contributed by atoms with van der Waals surface area (Å²) in [5, 5.41) is 18.6. The summed E-state index contributed by atoms with van der Waals surface area (Å²) in [5.41, 5.74) is 0. The lowest BCUT2D eigenvalue weighted by Crippen LogP contribution is -2.44. The second-order valence-corrected chi connectivity index (χ2v) is 0.943. The molecule has 0 saturated carbocycles. The molecule has 0 fully saturated rings. The van der Waals surface area contributed by atoms with Crippen LogP contribution in [0.25, 0.3) is 0 Å². The first kappa shape index (κ1) is 5.59. The van der Waals surface area contributed by atoms with Crippen LogP contribution in [-0.2, 0) is 4.79 Å². The van der Waals surface area contributed by atoms with E-state index in [4.69, 9.17) is 0 Å². The standard InChI is InChI=1S/C3H4O3/c1-2(4)3(5)6/h3H,1H3/q-2. The molecule has 0 aromatic heterocycles. The molecule has 0 amide bonds. The number of rotatable bonds is 1. The van der Waals surface area contributed by atoms with Gasteiger partial charge in [-0.1, -0.05) is 0 Å². The van der Waals surface area contributed by atoms with Crippen LogP contribution >= 0.6 is 0 Å². The lowest BCUT2D eigenvalue weighted by molar-refractivity contribution is -0.635. The topological polar surface area (TPSA) is 63.2 Å². The fourth-order valence-corrected chi connectivity index (χ4v) is 0. The summed E-state index contributed by atoms with van der Waals surface area (Å²) in [7, 11) is 0. The third-order valence-corrected chi connectivity index (χ3v) is 0.332. The van der Waals surface area contributed by atoms with Crippen molar-refractivity contribution in [1.29, 1.82) is 0 Å². The van der Waals surface area contributed by atoms with E-state index in [1.54, 1.807) is 0 Å². The summed E-state index contributed by atoms with van der Waals surface area (Å²) in [6.07, 6.45) is -2.29. The van der Waals surface area contributed by atoms with E-state index in [9.17, 15) is 15.0 Å². The highest BCUT2D eigenvalue weighted by atomic mass is 16.5. The van der Waals surface area contributed by atoms with Crippen LogP contribution in [0.2, 0.25) is 0 Å². The first-order valence-electron chi connectivity index (χ1n) is 1.46. The van der Waals surface area contributed by atoms with E-state index in [-0.39, 0.29) is 0 Å². The summed E-state index contributed by atoms with van der Waals surface area (Å²) in [5.74, 6) is -0.852. The average molecular weight is 88.1 g/mol. The van der Waals surface area contributed by atoms with Gasteiger partial charge in [0, 0.05) is 0 Å². The predicted octanol–water partition coefficient (Wildman–Crippen LogP) is -2.38. The molecule has 0 spiro atoms. The van der Waals surface area contributed by atoms with E-state index >= 15 is 0 Å². The van der Waals surface area contributed by atoms with Crippen LogP contribution in [0.4, 0.5) is 0 Å². The molecule has 0 heterocycles. The van der Waals surface area contributed by atoms with E-state index in [1.807, 2.05) is 0 Å². The first-order valence-corrected chi connectivity index (χ1v) is 1.46. The molecule has 0 N–H and O–H groups in total. The van der Waals surface area contributed by atoms with Crippen molar-refractivity contribution in [2.24, 2.45) is 0 Å². The fourth-order valence-electron chi connectivity index (χ4n) is 0. The summed E-state index contributed by atoms with van der Waals surface area (Å²) in [6, 6.07) is 0. The van der Waals surface area contributed by atoms with E-state index in [0.717, 1.165) is 6.92 Å². The first-order chi connectivity index (χ1) is 2.64. The van der Waals surface area contributed by atoms with Crippen LogP contribution in [0.3, 0.4) is 0 Å². The van der Waals surface area contributed by atoms with Gasteiger partial charge >= 0.3 is 0 Å². The third kappa shape index (κ3) is 1.87. The van der Waals surface area contributed by atoms with E-state index < -0.39 is 12.1 Å². The van der Waals surface area contributed by atoms with Crippen molar-refractivity contribution in [1.82, 2.24) is 0 Å². The molecule has 0 aliphatic heterocycles. The molecular weight excluding hydrogens is 84.0 g/mol. The molecule has 0 aromatic carbocycles. The van der Waals surface area contributed by atoms with Crippen LogP contribution in [0.15, 0.2) is 0 Å². The molecule has 0 aromatic rings. The number of carbonyl (C=O) groups excluding carboxylic acids is 1. The van der Waals surface area contributed by atoms with Gasteiger partial charge < -0.3 is 15.0 Å². The number of hydrogen-bond acceptors (Lipinski definition) is 3. The average Bonchev–Trinajstić information content (AvgIpc) is 1.36. The Balaban J connectivity index is 3.26. The zero-order chi connectivity index (χ0) is 5.15. The maximum absolute atomic E-state index is 9.52. The molecule has 0 atom stereocenters. The van der Waals surface area contributed by atoms with Gasteiger partial charge in [-0.05, 0) is 6.92 Å². The highest BCUT2D eigenvalue weighted by Crippen LogP contribution is 1.61. The molecule has 0 aliphatic carbocycles. The second kappa shape index (κ2) is 1.89. The molecule has 0 rings (SSSR count). The summed E-state index contributed by atoms with van der Waals surface area (Å²) < 4.78 is 0. The Hall–Kier alpha value is -0.410. The zero-order valence-electron chi connectivity index (χ0n) is 3.30. The van der Waals surface area contributed by atoms with Crippen LogP contribution in [0.1, 0.15) is 6.92 Å². The third-order valence-electron chi connectivity index (χ3n) is 0.332. The Kier molecular flexibility index (Phi) is 1.76. The van der Waals surface area contributed by atoms with Gasteiger partial charge in [-0.2, -0.15) is 6.29 Å². The summed E-state index contributed by atoms with van der Waals surface area (Å²) in [6.45, 7) is 0.977. The summed E-state index contributed by atoms with van der Waals surface area (Å²) >= 11 is 0. The Morgan fingerprint density at radius 2 is 1.83 bits per heavy atom. The van der Waals surface area contributed by atoms with Crippen molar-refractivity contribution in [3.8, 4) is 0 Å². The summed E-state index contributed by atoms with van der Waals surface area (Å²) in [4.78, 5) is 9.52. The molecule has 3 nitrogen and oxygen atoms in total. The quantitative estimate of drug-likeness (QED) is 0.336. The number of Topliss-reactive ketones (excluding diaryl/α,β-unsaturated/α-hetero) is 1. The molecule has 0 saturated heterocycles. The van der Waals surface area contributed by atoms with Gasteiger partial charge in [0.2, 0.25) is 0 Å². The van der Waals surface area contributed by atoms with E-state index in [1.165, 1.54) is 0 Å². The predicted molar refractivity (Wildman–Crippen MR) is 14.5 cm³/mol. The maximum atomic E-state index is 9.52. The largest absolute Gasteiger partial charge is 0.860 e. The highest BCUT2D eigenvalue weighted by Gasteiger charge is 1.77. The molecule has 6 heavy (non-hydrogen) atoms. The second-order valence-electron chi connectivity index (χ2n) is 0.943. The number of ketones is 1. The molecule has 0 bridgehead atoms. The monoisotopic (exact) mass is 88.0 g/mol. The molecule has 36 valence electrons. The normalized spacial score (nSPS) is 9.33. The van der Waals surface area contributed by atoms with Gasteiger partial charge in [-0.15, -0.1) is 0 Å². The van der Waals surface area contributed by atoms with Crippen molar-refractivity contribution < 1.29 is 15.0 Å². The van der Waals surface area contributed by atoms with Crippen LogP contribution < -0.4 is 10.2 Å². The van der Waals surface area contributed by atoms with Gasteiger partial charge in [-0.25, -0.2) is 0 Å². The highest BCUT2D eigenvalue weighted by molar-refractivity contribution is 5.77. The molecule has 0 unspecified atom stereocenters.